The minimum absolute atomic E-state index is 0.102. The van der Waals surface area contributed by atoms with Crippen molar-refractivity contribution in [2.75, 3.05) is 6.61 Å². The monoisotopic (exact) mass is 261 g/mol. The molecule has 0 fully saturated rings. The van der Waals surface area contributed by atoms with Gasteiger partial charge in [-0.3, -0.25) is 4.79 Å². The fourth-order valence-electron chi connectivity index (χ4n) is 1.06. The molecule has 0 bridgehead atoms. The van der Waals surface area contributed by atoms with Crippen LogP contribution in [0.2, 0.25) is 0 Å². The second-order valence-corrected chi connectivity index (χ2v) is 4.55. The zero-order chi connectivity index (χ0) is 14.3. The molecule has 7 heteroatoms. The molecule has 0 aromatic heterocycles. The highest BCUT2D eigenvalue weighted by molar-refractivity contribution is 5.85. The number of alkyl carbamates (subject to hydrolysis) is 1. The predicted octanol–water partition coefficient (Wildman–Crippen LogP) is 0.917. The molecule has 18 heavy (non-hydrogen) atoms. The lowest BCUT2D eigenvalue weighted by molar-refractivity contribution is -0.150. The molecule has 7 nitrogen and oxygen atoms in total. The van der Waals surface area contributed by atoms with Crippen LogP contribution in [-0.2, 0) is 19.1 Å². The fraction of sp³-hybridized carbons (Fsp3) is 0.727. The molecule has 0 saturated carbocycles. The number of carboxylic acids is 1. The minimum Gasteiger partial charge on any atom is -0.481 e. The number of hydrogen-bond acceptors (Lipinski definition) is 5. The number of carboxylic acid groups (broad SMARTS) is 1. The summed E-state index contributed by atoms with van der Waals surface area (Å²) in [6, 6.07) is -1.25. The standard InChI is InChI=1S/C11H19NO6/c1-5-17-9(15)7(6-8(13)14)12-10(16)18-11(2,3)4/h7H,5-6H2,1-4H3,(H,12,16)(H,13,14)/t7-/m0/s1. The number of esters is 1. The van der Waals surface area contributed by atoms with Crippen molar-refractivity contribution >= 4 is 18.0 Å². The molecule has 0 aliphatic rings. The Morgan fingerprint density at radius 1 is 1.28 bits per heavy atom. The van der Waals surface area contributed by atoms with Crippen molar-refractivity contribution in [2.24, 2.45) is 0 Å². The normalized spacial score (nSPS) is 12.4. The SMILES string of the molecule is CCOC(=O)[C@H](CC(=O)O)NC(=O)OC(C)(C)C. The van der Waals surface area contributed by atoms with E-state index in [0.29, 0.717) is 0 Å². The van der Waals surface area contributed by atoms with Gasteiger partial charge in [0.1, 0.15) is 11.6 Å². The van der Waals surface area contributed by atoms with Crippen molar-refractivity contribution in [1.82, 2.24) is 5.32 Å². The minimum atomic E-state index is -1.25. The first-order chi connectivity index (χ1) is 8.15. The van der Waals surface area contributed by atoms with Gasteiger partial charge in [-0.25, -0.2) is 9.59 Å². The molecular weight excluding hydrogens is 242 g/mol. The summed E-state index contributed by atoms with van der Waals surface area (Å²) in [5.41, 5.74) is -0.730. The fourth-order valence-corrected chi connectivity index (χ4v) is 1.06. The molecule has 0 heterocycles. The average Bonchev–Trinajstić information content (AvgIpc) is 2.13. The van der Waals surface area contributed by atoms with Gasteiger partial charge < -0.3 is 19.9 Å². The topological polar surface area (TPSA) is 102 Å². The first-order valence-electron chi connectivity index (χ1n) is 5.53. The van der Waals surface area contributed by atoms with E-state index in [4.69, 9.17) is 9.84 Å². The largest absolute Gasteiger partial charge is 0.481 e. The van der Waals surface area contributed by atoms with Crippen LogP contribution < -0.4 is 5.32 Å². The highest BCUT2D eigenvalue weighted by Gasteiger charge is 2.27. The van der Waals surface area contributed by atoms with Gasteiger partial charge in [0.2, 0.25) is 0 Å². The number of carbonyl (C=O) groups excluding carboxylic acids is 2. The summed E-state index contributed by atoms with van der Waals surface area (Å²) in [7, 11) is 0. The number of rotatable bonds is 5. The zero-order valence-electron chi connectivity index (χ0n) is 11.0. The lowest BCUT2D eigenvalue weighted by atomic mass is 10.2. The molecule has 1 amide bonds. The van der Waals surface area contributed by atoms with Gasteiger partial charge in [-0.15, -0.1) is 0 Å². The van der Waals surface area contributed by atoms with E-state index in [9.17, 15) is 14.4 Å². The molecule has 0 rings (SSSR count). The van der Waals surface area contributed by atoms with Crippen LogP contribution in [0.5, 0.6) is 0 Å². The maximum absolute atomic E-state index is 11.4. The number of amides is 1. The summed E-state index contributed by atoms with van der Waals surface area (Å²) in [4.78, 5) is 33.4. The van der Waals surface area contributed by atoms with Gasteiger partial charge >= 0.3 is 18.0 Å². The molecule has 2 N–H and O–H groups in total. The van der Waals surface area contributed by atoms with E-state index >= 15 is 0 Å². The Balaban J connectivity index is 4.54. The number of ether oxygens (including phenoxy) is 2. The summed E-state index contributed by atoms with van der Waals surface area (Å²) < 4.78 is 9.59. The lowest BCUT2D eigenvalue weighted by Gasteiger charge is -2.22. The molecule has 1 atom stereocenters. The molecular formula is C11H19NO6. The summed E-state index contributed by atoms with van der Waals surface area (Å²) in [6.07, 6.45) is -1.42. The zero-order valence-corrected chi connectivity index (χ0v) is 11.0. The van der Waals surface area contributed by atoms with Crippen LogP contribution in [0.3, 0.4) is 0 Å². The van der Waals surface area contributed by atoms with E-state index < -0.39 is 36.1 Å². The van der Waals surface area contributed by atoms with Crippen LogP contribution in [0.15, 0.2) is 0 Å². The number of aliphatic carboxylic acids is 1. The second-order valence-electron chi connectivity index (χ2n) is 4.55. The smallest absolute Gasteiger partial charge is 0.408 e. The molecule has 0 aromatic carbocycles. The Morgan fingerprint density at radius 3 is 2.22 bits per heavy atom. The Bertz CT molecular complexity index is 320. The Kier molecular flexibility index (Phi) is 6.15. The van der Waals surface area contributed by atoms with E-state index in [1.54, 1.807) is 27.7 Å². The molecule has 0 unspecified atom stereocenters. The van der Waals surface area contributed by atoms with Crippen molar-refractivity contribution < 1.29 is 29.0 Å². The number of hydrogen-bond donors (Lipinski definition) is 2. The number of nitrogens with one attached hydrogen (secondary N) is 1. The Labute approximate surface area is 105 Å². The molecule has 0 aliphatic carbocycles. The molecule has 0 spiro atoms. The van der Waals surface area contributed by atoms with Crippen LogP contribution in [0.1, 0.15) is 34.1 Å². The summed E-state index contributed by atoms with van der Waals surface area (Å²) in [5, 5.41) is 10.8. The van der Waals surface area contributed by atoms with Crippen LogP contribution in [0.25, 0.3) is 0 Å². The van der Waals surface area contributed by atoms with Crippen molar-refractivity contribution in [3.8, 4) is 0 Å². The Morgan fingerprint density at radius 2 is 1.83 bits per heavy atom. The van der Waals surface area contributed by atoms with Crippen LogP contribution in [0, 0.1) is 0 Å². The van der Waals surface area contributed by atoms with E-state index in [1.165, 1.54) is 0 Å². The third-order valence-corrected chi connectivity index (χ3v) is 1.64. The van der Waals surface area contributed by atoms with E-state index in [0.717, 1.165) is 0 Å². The van der Waals surface area contributed by atoms with Gasteiger partial charge in [0.05, 0.1) is 13.0 Å². The maximum Gasteiger partial charge on any atom is 0.408 e. The van der Waals surface area contributed by atoms with Crippen molar-refractivity contribution in [1.29, 1.82) is 0 Å². The predicted molar refractivity (Wildman–Crippen MR) is 62.0 cm³/mol. The summed E-state index contributed by atoms with van der Waals surface area (Å²) >= 11 is 0. The molecule has 0 aliphatic heterocycles. The van der Waals surface area contributed by atoms with Gasteiger partial charge in [-0.05, 0) is 27.7 Å². The third-order valence-electron chi connectivity index (χ3n) is 1.64. The molecule has 0 aromatic rings. The van der Waals surface area contributed by atoms with Crippen LogP contribution in [0.4, 0.5) is 4.79 Å². The van der Waals surface area contributed by atoms with Crippen LogP contribution >= 0.6 is 0 Å². The molecule has 0 saturated heterocycles. The summed E-state index contributed by atoms with van der Waals surface area (Å²) in [6.45, 7) is 6.66. The van der Waals surface area contributed by atoms with Gasteiger partial charge in [-0.2, -0.15) is 0 Å². The quantitative estimate of drug-likeness (QED) is 0.713. The molecule has 0 radical (unpaired) electrons. The maximum atomic E-state index is 11.4. The van der Waals surface area contributed by atoms with Gasteiger partial charge in [0.15, 0.2) is 0 Å². The van der Waals surface area contributed by atoms with Crippen molar-refractivity contribution in [3.63, 3.8) is 0 Å². The first kappa shape index (κ1) is 16.2. The summed E-state index contributed by atoms with van der Waals surface area (Å²) in [5.74, 6) is -2.02. The van der Waals surface area contributed by atoms with E-state index in [-0.39, 0.29) is 6.61 Å². The highest BCUT2D eigenvalue weighted by Crippen LogP contribution is 2.07. The van der Waals surface area contributed by atoms with Crippen molar-refractivity contribution in [3.05, 3.63) is 0 Å². The van der Waals surface area contributed by atoms with Gasteiger partial charge in [0.25, 0.3) is 0 Å². The highest BCUT2D eigenvalue weighted by atomic mass is 16.6. The van der Waals surface area contributed by atoms with Crippen molar-refractivity contribution in [2.45, 2.75) is 45.8 Å². The van der Waals surface area contributed by atoms with E-state index in [1.807, 2.05) is 0 Å². The Hall–Kier alpha value is -1.79. The lowest BCUT2D eigenvalue weighted by Crippen LogP contribution is -2.45. The first-order valence-corrected chi connectivity index (χ1v) is 5.53. The van der Waals surface area contributed by atoms with Gasteiger partial charge in [-0.1, -0.05) is 0 Å². The van der Waals surface area contributed by atoms with Gasteiger partial charge in [0, 0.05) is 0 Å². The van der Waals surface area contributed by atoms with Crippen LogP contribution in [-0.4, -0.2) is 41.4 Å². The average molecular weight is 261 g/mol. The molecule has 104 valence electrons. The third kappa shape index (κ3) is 7.48. The second kappa shape index (κ2) is 6.83. The number of carbonyl (C=O) groups is 3. The van der Waals surface area contributed by atoms with E-state index in [2.05, 4.69) is 10.1 Å².